The molecule has 1 atom stereocenters. The monoisotopic (exact) mass is 215 g/mol. The van der Waals surface area contributed by atoms with Crippen LogP contribution in [0.1, 0.15) is 33.6 Å². The van der Waals surface area contributed by atoms with Gasteiger partial charge in [0.15, 0.2) is 5.11 Å². The Morgan fingerprint density at radius 3 is 2.71 bits per heavy atom. The smallest absolute Gasteiger partial charge is 0.166 e. The van der Waals surface area contributed by atoms with E-state index in [0.29, 0.717) is 6.04 Å². The first-order valence-corrected chi connectivity index (χ1v) is 5.67. The van der Waals surface area contributed by atoms with Crippen molar-refractivity contribution in [3.05, 3.63) is 0 Å². The molecule has 0 radical (unpaired) electrons. The summed E-state index contributed by atoms with van der Waals surface area (Å²) in [6.45, 7) is 8.39. The standard InChI is InChI=1S/C10H21N3S/c1-10(2,3)13-9(14)12-7-8-5-4-6-11-8/h8,11H,4-7H2,1-3H3,(H2,12,13,14). The number of nitrogens with one attached hydrogen (secondary N) is 3. The van der Waals surface area contributed by atoms with Gasteiger partial charge in [0, 0.05) is 18.1 Å². The van der Waals surface area contributed by atoms with Crippen LogP contribution < -0.4 is 16.0 Å². The fourth-order valence-corrected chi connectivity index (χ4v) is 1.92. The molecule has 82 valence electrons. The molecule has 1 fully saturated rings. The van der Waals surface area contributed by atoms with E-state index in [9.17, 15) is 0 Å². The average Bonchev–Trinajstić information content (AvgIpc) is 2.49. The summed E-state index contributed by atoms with van der Waals surface area (Å²) in [7, 11) is 0. The van der Waals surface area contributed by atoms with Crippen molar-refractivity contribution in [2.45, 2.75) is 45.2 Å². The topological polar surface area (TPSA) is 36.1 Å². The van der Waals surface area contributed by atoms with Crippen LogP contribution in [0.15, 0.2) is 0 Å². The lowest BCUT2D eigenvalue weighted by Crippen LogP contribution is -2.48. The highest BCUT2D eigenvalue weighted by Crippen LogP contribution is 2.03. The van der Waals surface area contributed by atoms with Crippen molar-refractivity contribution < 1.29 is 0 Å². The van der Waals surface area contributed by atoms with Crippen LogP contribution >= 0.6 is 12.2 Å². The molecule has 0 saturated carbocycles. The van der Waals surface area contributed by atoms with E-state index < -0.39 is 0 Å². The Kier molecular flexibility index (Phi) is 4.13. The van der Waals surface area contributed by atoms with E-state index in [0.717, 1.165) is 18.2 Å². The van der Waals surface area contributed by atoms with Gasteiger partial charge in [0.2, 0.25) is 0 Å². The second kappa shape index (κ2) is 4.94. The van der Waals surface area contributed by atoms with E-state index in [4.69, 9.17) is 12.2 Å². The SMILES string of the molecule is CC(C)(C)NC(=S)NCC1CCCN1. The van der Waals surface area contributed by atoms with Gasteiger partial charge in [-0.25, -0.2) is 0 Å². The molecule has 0 bridgehead atoms. The summed E-state index contributed by atoms with van der Waals surface area (Å²) in [4.78, 5) is 0. The largest absolute Gasteiger partial charge is 0.361 e. The van der Waals surface area contributed by atoms with E-state index >= 15 is 0 Å². The van der Waals surface area contributed by atoms with Gasteiger partial charge in [0.25, 0.3) is 0 Å². The number of hydrogen-bond donors (Lipinski definition) is 3. The maximum atomic E-state index is 5.19. The molecule has 3 N–H and O–H groups in total. The molecule has 1 unspecified atom stereocenters. The first-order valence-electron chi connectivity index (χ1n) is 5.27. The molecule has 0 aromatic heterocycles. The van der Waals surface area contributed by atoms with Gasteiger partial charge in [0.1, 0.15) is 0 Å². The van der Waals surface area contributed by atoms with Gasteiger partial charge in [-0.2, -0.15) is 0 Å². The summed E-state index contributed by atoms with van der Waals surface area (Å²) in [6.07, 6.45) is 2.54. The fraction of sp³-hybridized carbons (Fsp3) is 0.900. The van der Waals surface area contributed by atoms with Gasteiger partial charge >= 0.3 is 0 Å². The first kappa shape index (κ1) is 11.7. The fourth-order valence-electron chi connectivity index (χ4n) is 1.53. The zero-order valence-corrected chi connectivity index (χ0v) is 10.1. The van der Waals surface area contributed by atoms with E-state index in [2.05, 4.69) is 36.7 Å². The molecule has 1 aliphatic heterocycles. The average molecular weight is 215 g/mol. The quantitative estimate of drug-likeness (QED) is 0.601. The second-order valence-electron chi connectivity index (χ2n) is 4.88. The van der Waals surface area contributed by atoms with E-state index in [1.165, 1.54) is 12.8 Å². The minimum Gasteiger partial charge on any atom is -0.361 e. The lowest BCUT2D eigenvalue weighted by molar-refractivity contribution is 0.500. The van der Waals surface area contributed by atoms with Crippen molar-refractivity contribution in [3.8, 4) is 0 Å². The van der Waals surface area contributed by atoms with Crippen molar-refractivity contribution in [1.82, 2.24) is 16.0 Å². The molecular weight excluding hydrogens is 194 g/mol. The highest BCUT2D eigenvalue weighted by molar-refractivity contribution is 7.80. The molecule has 0 amide bonds. The Hall–Kier alpha value is -0.350. The van der Waals surface area contributed by atoms with Gasteiger partial charge in [-0.1, -0.05) is 0 Å². The third kappa shape index (κ3) is 4.77. The van der Waals surface area contributed by atoms with Crippen molar-refractivity contribution >= 4 is 17.3 Å². The van der Waals surface area contributed by atoms with Crippen LogP contribution in [0, 0.1) is 0 Å². The predicted molar refractivity (Wildman–Crippen MR) is 64.5 cm³/mol. The highest BCUT2D eigenvalue weighted by atomic mass is 32.1. The predicted octanol–water partition coefficient (Wildman–Crippen LogP) is 1.00. The van der Waals surface area contributed by atoms with Crippen molar-refractivity contribution in [1.29, 1.82) is 0 Å². The van der Waals surface area contributed by atoms with Crippen LogP contribution in [0.25, 0.3) is 0 Å². The number of hydrogen-bond acceptors (Lipinski definition) is 2. The highest BCUT2D eigenvalue weighted by Gasteiger charge is 2.15. The lowest BCUT2D eigenvalue weighted by Gasteiger charge is -2.24. The molecule has 1 heterocycles. The van der Waals surface area contributed by atoms with Crippen LogP contribution in [0.3, 0.4) is 0 Å². The van der Waals surface area contributed by atoms with E-state index in [-0.39, 0.29) is 5.54 Å². The van der Waals surface area contributed by atoms with Crippen LogP contribution in [0.2, 0.25) is 0 Å². The Labute approximate surface area is 92.0 Å². The van der Waals surface area contributed by atoms with Gasteiger partial charge in [-0.05, 0) is 52.4 Å². The molecule has 4 heteroatoms. The summed E-state index contributed by atoms with van der Waals surface area (Å²) >= 11 is 5.19. The van der Waals surface area contributed by atoms with Crippen LogP contribution in [-0.4, -0.2) is 29.8 Å². The molecule has 3 nitrogen and oxygen atoms in total. The molecule has 0 aliphatic carbocycles. The molecule has 0 aromatic carbocycles. The van der Waals surface area contributed by atoms with Gasteiger partial charge in [-0.3, -0.25) is 0 Å². The van der Waals surface area contributed by atoms with Crippen molar-refractivity contribution in [3.63, 3.8) is 0 Å². The summed E-state index contributed by atoms with van der Waals surface area (Å²) in [5, 5.41) is 10.7. The minimum atomic E-state index is 0.0488. The third-order valence-corrected chi connectivity index (χ3v) is 2.41. The molecular formula is C10H21N3S. The molecule has 0 spiro atoms. The molecule has 1 saturated heterocycles. The molecule has 0 aromatic rings. The van der Waals surface area contributed by atoms with Crippen LogP contribution in [0.5, 0.6) is 0 Å². The maximum Gasteiger partial charge on any atom is 0.166 e. The number of rotatable bonds is 2. The summed E-state index contributed by atoms with van der Waals surface area (Å²) in [5.41, 5.74) is 0.0488. The van der Waals surface area contributed by atoms with Crippen LogP contribution in [0.4, 0.5) is 0 Å². The second-order valence-corrected chi connectivity index (χ2v) is 5.29. The third-order valence-electron chi connectivity index (χ3n) is 2.16. The van der Waals surface area contributed by atoms with E-state index in [1.807, 2.05) is 0 Å². The Balaban J connectivity index is 2.14. The molecule has 1 aliphatic rings. The Morgan fingerprint density at radius 1 is 1.50 bits per heavy atom. The van der Waals surface area contributed by atoms with Gasteiger partial charge < -0.3 is 16.0 Å². The molecule has 1 rings (SSSR count). The summed E-state index contributed by atoms with van der Waals surface area (Å²) in [5.74, 6) is 0. The normalized spacial score (nSPS) is 22.1. The van der Waals surface area contributed by atoms with Gasteiger partial charge in [-0.15, -0.1) is 0 Å². The van der Waals surface area contributed by atoms with Crippen LogP contribution in [-0.2, 0) is 0 Å². The summed E-state index contributed by atoms with van der Waals surface area (Å²) in [6, 6.07) is 0.592. The Bertz CT molecular complexity index is 192. The van der Waals surface area contributed by atoms with E-state index in [1.54, 1.807) is 0 Å². The van der Waals surface area contributed by atoms with Crippen molar-refractivity contribution in [2.75, 3.05) is 13.1 Å². The van der Waals surface area contributed by atoms with Crippen molar-refractivity contribution in [2.24, 2.45) is 0 Å². The van der Waals surface area contributed by atoms with Gasteiger partial charge in [0.05, 0.1) is 0 Å². The first-order chi connectivity index (χ1) is 6.47. The zero-order valence-electron chi connectivity index (χ0n) is 9.31. The maximum absolute atomic E-state index is 5.19. The lowest BCUT2D eigenvalue weighted by atomic mass is 10.1. The summed E-state index contributed by atoms with van der Waals surface area (Å²) < 4.78 is 0. The molecule has 14 heavy (non-hydrogen) atoms. The number of thiocarbonyl (C=S) groups is 1. The zero-order chi connectivity index (χ0) is 10.6. The Morgan fingerprint density at radius 2 is 2.21 bits per heavy atom. The minimum absolute atomic E-state index is 0.0488.